The summed E-state index contributed by atoms with van der Waals surface area (Å²) in [6, 6.07) is 3.33. The number of allylic oxidation sites excluding steroid dienone is 1. The van der Waals surface area contributed by atoms with E-state index in [-0.39, 0.29) is 11.1 Å². The van der Waals surface area contributed by atoms with Crippen LogP contribution in [-0.2, 0) is 14.3 Å². The first-order valence-corrected chi connectivity index (χ1v) is 6.89. The Hall–Kier alpha value is -2.76. The van der Waals surface area contributed by atoms with Gasteiger partial charge in [0.1, 0.15) is 17.2 Å². The summed E-state index contributed by atoms with van der Waals surface area (Å²) in [6.45, 7) is 3.48. The number of methoxy groups -OCH3 is 3. The largest absolute Gasteiger partial charge is 0.496 e. The van der Waals surface area contributed by atoms with Crippen LogP contribution in [0.4, 0.5) is 0 Å². The highest BCUT2D eigenvalue weighted by Crippen LogP contribution is 2.38. The van der Waals surface area contributed by atoms with Crippen LogP contribution in [0.15, 0.2) is 28.9 Å². The maximum atomic E-state index is 12.0. The maximum Gasteiger partial charge on any atom is 0.346 e. The molecule has 122 valence electrons. The number of esters is 2. The number of rotatable bonds is 4. The monoisotopic (exact) mass is 318 g/mol. The lowest BCUT2D eigenvalue weighted by molar-refractivity contribution is -0.149. The van der Waals surface area contributed by atoms with E-state index in [0.29, 0.717) is 28.4 Å². The minimum Gasteiger partial charge on any atom is -0.496 e. The zero-order valence-corrected chi connectivity index (χ0v) is 13.7. The van der Waals surface area contributed by atoms with Gasteiger partial charge in [0.2, 0.25) is 0 Å². The molecule has 6 nitrogen and oxygen atoms in total. The molecule has 1 aliphatic heterocycles. The van der Waals surface area contributed by atoms with Gasteiger partial charge in [0.15, 0.2) is 0 Å². The highest BCUT2D eigenvalue weighted by Gasteiger charge is 2.34. The second kappa shape index (κ2) is 6.56. The number of cyclic esters (lactones) is 2. The summed E-state index contributed by atoms with van der Waals surface area (Å²) in [5.74, 6) is 0.120. The molecule has 0 amide bonds. The van der Waals surface area contributed by atoms with Gasteiger partial charge in [-0.3, -0.25) is 0 Å². The van der Waals surface area contributed by atoms with Gasteiger partial charge in [-0.05, 0) is 19.9 Å². The van der Waals surface area contributed by atoms with Crippen LogP contribution in [0.1, 0.15) is 19.4 Å². The van der Waals surface area contributed by atoms with Crippen molar-refractivity contribution < 1.29 is 28.5 Å². The molecule has 1 saturated heterocycles. The van der Waals surface area contributed by atoms with Crippen LogP contribution in [0.3, 0.4) is 0 Å². The number of carbonyl (C=O) groups is 2. The van der Waals surface area contributed by atoms with Crippen molar-refractivity contribution in [3.63, 3.8) is 0 Å². The Morgan fingerprint density at radius 2 is 1.52 bits per heavy atom. The fourth-order valence-electron chi connectivity index (χ4n) is 2.33. The first kappa shape index (κ1) is 16.6. The van der Waals surface area contributed by atoms with Crippen LogP contribution in [0.5, 0.6) is 17.2 Å². The Bertz CT molecular complexity index is 698. The molecule has 0 bridgehead atoms. The molecule has 0 saturated carbocycles. The van der Waals surface area contributed by atoms with Crippen molar-refractivity contribution in [2.24, 2.45) is 0 Å². The zero-order chi connectivity index (χ0) is 17.1. The van der Waals surface area contributed by atoms with Crippen LogP contribution >= 0.6 is 0 Å². The van der Waals surface area contributed by atoms with Crippen LogP contribution in [0, 0.1) is 0 Å². The van der Waals surface area contributed by atoms with Crippen molar-refractivity contribution in [2.75, 3.05) is 21.3 Å². The predicted octanol–water partition coefficient (Wildman–Crippen LogP) is 2.52. The number of hydrogen-bond donors (Lipinski definition) is 0. The Kier molecular flexibility index (Phi) is 4.74. The fraction of sp³-hybridized carbons (Fsp3) is 0.294. The molecule has 0 aromatic heterocycles. The van der Waals surface area contributed by atoms with Crippen molar-refractivity contribution in [2.45, 2.75) is 13.8 Å². The number of carbonyl (C=O) groups excluding carboxylic acids is 2. The first-order chi connectivity index (χ1) is 10.9. The van der Waals surface area contributed by atoms with E-state index in [2.05, 4.69) is 0 Å². The van der Waals surface area contributed by atoms with Crippen molar-refractivity contribution in [3.05, 3.63) is 34.4 Å². The molecular weight excluding hydrogens is 300 g/mol. The van der Waals surface area contributed by atoms with Crippen molar-refractivity contribution >= 4 is 18.0 Å². The van der Waals surface area contributed by atoms with E-state index in [1.165, 1.54) is 27.4 Å². The topological polar surface area (TPSA) is 71.1 Å². The molecule has 0 atom stereocenters. The van der Waals surface area contributed by atoms with Gasteiger partial charge >= 0.3 is 11.9 Å². The van der Waals surface area contributed by atoms with Gasteiger partial charge in [0, 0.05) is 12.1 Å². The van der Waals surface area contributed by atoms with E-state index < -0.39 is 11.9 Å². The molecule has 1 aromatic carbocycles. The molecule has 1 aromatic rings. The first-order valence-electron chi connectivity index (χ1n) is 6.89. The summed E-state index contributed by atoms with van der Waals surface area (Å²) >= 11 is 0. The molecule has 0 radical (unpaired) electrons. The quantitative estimate of drug-likeness (QED) is 0.482. The van der Waals surface area contributed by atoms with Gasteiger partial charge in [-0.1, -0.05) is 5.57 Å². The summed E-state index contributed by atoms with van der Waals surface area (Å²) in [7, 11) is 4.52. The van der Waals surface area contributed by atoms with Gasteiger partial charge in [-0.2, -0.15) is 0 Å². The fourth-order valence-corrected chi connectivity index (χ4v) is 2.33. The molecule has 1 fully saturated rings. The minimum absolute atomic E-state index is 0.178. The Morgan fingerprint density at radius 1 is 0.957 bits per heavy atom. The van der Waals surface area contributed by atoms with Crippen LogP contribution in [-0.4, -0.2) is 33.3 Å². The van der Waals surface area contributed by atoms with E-state index in [0.717, 1.165) is 0 Å². The molecule has 0 unspecified atom stereocenters. The third-order valence-electron chi connectivity index (χ3n) is 3.42. The standard InChI is InChI=1S/C17H18O6/c1-9(2)15-12(16(18)23-17(15)19)8-11-13(21-4)6-10(20-3)7-14(11)22-5/h6-8H,1-5H3/b12-8-. The van der Waals surface area contributed by atoms with Crippen LogP contribution < -0.4 is 14.2 Å². The Morgan fingerprint density at radius 3 is 1.96 bits per heavy atom. The smallest absolute Gasteiger partial charge is 0.346 e. The highest BCUT2D eigenvalue weighted by molar-refractivity contribution is 6.20. The number of ether oxygens (including phenoxy) is 4. The second-order valence-corrected chi connectivity index (χ2v) is 5.06. The Balaban J connectivity index is 2.69. The highest BCUT2D eigenvalue weighted by atomic mass is 16.6. The summed E-state index contributed by atoms with van der Waals surface area (Å²) < 4.78 is 20.6. The molecule has 2 rings (SSSR count). The molecule has 0 spiro atoms. The molecule has 23 heavy (non-hydrogen) atoms. The van der Waals surface area contributed by atoms with Crippen molar-refractivity contribution in [1.82, 2.24) is 0 Å². The molecule has 0 N–H and O–H groups in total. The summed E-state index contributed by atoms with van der Waals surface area (Å²) in [4.78, 5) is 23.8. The molecule has 1 heterocycles. The summed E-state index contributed by atoms with van der Waals surface area (Å²) in [5.41, 5.74) is 1.65. The summed E-state index contributed by atoms with van der Waals surface area (Å²) in [5, 5.41) is 0. The molecule has 1 aliphatic rings. The summed E-state index contributed by atoms with van der Waals surface area (Å²) in [6.07, 6.45) is 1.53. The van der Waals surface area contributed by atoms with Gasteiger partial charge < -0.3 is 18.9 Å². The zero-order valence-electron chi connectivity index (χ0n) is 13.7. The SMILES string of the molecule is COc1cc(OC)c(/C=C2\C(=O)OC(=O)C2=C(C)C)c(OC)c1. The lowest BCUT2D eigenvalue weighted by Gasteiger charge is -2.13. The van der Waals surface area contributed by atoms with Crippen LogP contribution in [0.25, 0.3) is 6.08 Å². The molecular formula is C17H18O6. The number of benzene rings is 1. The second-order valence-electron chi connectivity index (χ2n) is 5.06. The molecule has 6 heteroatoms. The van der Waals surface area contributed by atoms with Crippen molar-refractivity contribution in [3.8, 4) is 17.2 Å². The third kappa shape index (κ3) is 3.06. The molecule has 0 aliphatic carbocycles. The van der Waals surface area contributed by atoms with Crippen molar-refractivity contribution in [1.29, 1.82) is 0 Å². The van der Waals surface area contributed by atoms with Gasteiger partial charge in [-0.15, -0.1) is 0 Å². The van der Waals surface area contributed by atoms with Crippen LogP contribution in [0.2, 0.25) is 0 Å². The number of hydrogen-bond acceptors (Lipinski definition) is 6. The lowest BCUT2D eigenvalue weighted by atomic mass is 10.0. The van der Waals surface area contributed by atoms with E-state index in [1.807, 2.05) is 0 Å². The maximum absolute atomic E-state index is 12.0. The normalized spacial score (nSPS) is 15.7. The van der Waals surface area contributed by atoms with E-state index in [9.17, 15) is 9.59 Å². The third-order valence-corrected chi connectivity index (χ3v) is 3.42. The lowest BCUT2D eigenvalue weighted by Crippen LogP contribution is -1.99. The Labute approximate surface area is 134 Å². The van der Waals surface area contributed by atoms with E-state index in [1.54, 1.807) is 26.0 Å². The van der Waals surface area contributed by atoms with Gasteiger partial charge in [0.25, 0.3) is 0 Å². The van der Waals surface area contributed by atoms with E-state index >= 15 is 0 Å². The average molecular weight is 318 g/mol. The predicted molar refractivity (Wildman–Crippen MR) is 83.5 cm³/mol. The average Bonchev–Trinajstić information content (AvgIpc) is 2.81. The van der Waals surface area contributed by atoms with Gasteiger partial charge in [-0.25, -0.2) is 9.59 Å². The minimum atomic E-state index is -0.689. The van der Waals surface area contributed by atoms with Gasteiger partial charge in [0.05, 0.1) is 38.0 Å². The van der Waals surface area contributed by atoms with E-state index in [4.69, 9.17) is 18.9 Å².